The fourth-order valence-electron chi connectivity index (χ4n) is 2.89. The van der Waals surface area contributed by atoms with Gasteiger partial charge in [0.25, 0.3) is 11.8 Å². The maximum atomic E-state index is 12.7. The normalized spacial score (nSPS) is 11.0. The van der Waals surface area contributed by atoms with E-state index >= 15 is 0 Å². The topological polar surface area (TPSA) is 109 Å². The third-order valence-electron chi connectivity index (χ3n) is 4.27. The number of nitrogens with one attached hydrogen (secondary N) is 2. The summed E-state index contributed by atoms with van der Waals surface area (Å²) in [6.45, 7) is 0. The van der Waals surface area contributed by atoms with Crippen LogP contribution >= 0.6 is 11.3 Å². The zero-order chi connectivity index (χ0) is 23.5. The number of thiazole rings is 1. The zero-order valence-electron chi connectivity index (χ0n) is 18.9. The molecule has 2 N–H and O–H groups in total. The Morgan fingerprint density at radius 2 is 1.91 bits per heavy atom. The van der Waals surface area contributed by atoms with Crippen LogP contribution in [0.15, 0.2) is 36.7 Å². The number of benzene rings is 1. The summed E-state index contributed by atoms with van der Waals surface area (Å²) in [4.78, 5) is 31.4. The second-order valence-electron chi connectivity index (χ2n) is 8.24. The molecule has 13 heteroatoms. The lowest BCUT2D eigenvalue weighted by molar-refractivity contribution is 0.0831. The monoisotopic (exact) mass is 448 g/mol. The highest BCUT2D eigenvalue weighted by Gasteiger charge is 2.22. The van der Waals surface area contributed by atoms with Crippen molar-refractivity contribution in [1.82, 2.24) is 25.4 Å². The fraction of sp³-hybridized carbons (Fsp3) is 0.211. The van der Waals surface area contributed by atoms with Gasteiger partial charge in [0, 0.05) is 14.1 Å². The van der Waals surface area contributed by atoms with Crippen LogP contribution in [0.1, 0.15) is 20.2 Å². The van der Waals surface area contributed by atoms with Crippen LogP contribution in [-0.2, 0) is 0 Å². The first-order chi connectivity index (χ1) is 15.1. The Labute approximate surface area is 193 Å². The Kier molecular flexibility index (Phi) is 6.88. The smallest absolute Gasteiger partial charge is 0.272 e. The number of anilines is 2. The number of rotatable bonds is 7. The lowest BCUT2D eigenvalue weighted by Gasteiger charge is -2.21. The Balaban J connectivity index is 1.97. The van der Waals surface area contributed by atoms with Crippen molar-refractivity contribution in [3.63, 3.8) is 0 Å². The van der Waals surface area contributed by atoms with Crippen molar-refractivity contribution in [3.8, 4) is 16.3 Å². The summed E-state index contributed by atoms with van der Waals surface area (Å²) in [5.41, 5.74) is 2.00. The Bertz CT molecular complexity index is 1150. The predicted molar refractivity (Wildman–Crippen MR) is 133 cm³/mol. The number of nitrogens with zero attached hydrogens (tertiary/aromatic N) is 4. The number of carbonyl (C=O) groups excluding carboxylic acids is 2. The molecule has 2 aromatic heterocycles. The Morgan fingerprint density at radius 1 is 1.16 bits per heavy atom. The van der Waals surface area contributed by atoms with Gasteiger partial charge in [-0.1, -0.05) is 6.07 Å². The lowest BCUT2D eigenvalue weighted by Crippen LogP contribution is -2.50. The molecule has 162 valence electrons. The Hall–Kier alpha value is -3.34. The van der Waals surface area contributed by atoms with Crippen molar-refractivity contribution >= 4 is 58.1 Å². The minimum atomic E-state index is -0.421. The van der Waals surface area contributed by atoms with Crippen LogP contribution in [0.3, 0.4) is 0 Å². The van der Waals surface area contributed by atoms with Crippen LogP contribution in [0.25, 0.3) is 10.6 Å². The van der Waals surface area contributed by atoms with E-state index < -0.39 is 5.24 Å². The molecular weight excluding hydrogens is 425 g/mol. The molecule has 0 spiro atoms. The van der Waals surface area contributed by atoms with Crippen molar-refractivity contribution in [3.05, 3.63) is 47.2 Å². The van der Waals surface area contributed by atoms with Gasteiger partial charge in [-0.25, -0.2) is 4.98 Å². The van der Waals surface area contributed by atoms with Crippen LogP contribution in [-0.4, -0.2) is 81.9 Å². The number of para-hydroxylation sites is 1. The zero-order valence-corrected chi connectivity index (χ0v) is 19.7. The maximum absolute atomic E-state index is 12.7. The molecular formula is C19H23B3N6O3S. The molecule has 0 bridgehead atoms. The molecule has 0 aliphatic carbocycles. The highest BCUT2D eigenvalue weighted by Crippen LogP contribution is 2.39. The number of carbonyl (C=O) groups is 2. The number of hydrogen-bond acceptors (Lipinski definition) is 8. The minimum absolute atomic E-state index is 0.112. The van der Waals surface area contributed by atoms with Crippen molar-refractivity contribution < 1.29 is 14.3 Å². The molecule has 9 nitrogen and oxygen atoms in total. The molecule has 0 saturated carbocycles. The lowest BCUT2D eigenvalue weighted by atomic mass is 9.49. The van der Waals surface area contributed by atoms with Gasteiger partial charge in [-0.2, -0.15) is 5.10 Å². The molecule has 2 heterocycles. The molecule has 0 atom stereocenters. The molecule has 0 unspecified atom stereocenters. The van der Waals surface area contributed by atoms with Crippen LogP contribution in [0, 0.1) is 0 Å². The third-order valence-corrected chi connectivity index (χ3v) is 5.28. The van der Waals surface area contributed by atoms with Gasteiger partial charge >= 0.3 is 0 Å². The molecule has 32 heavy (non-hydrogen) atoms. The summed E-state index contributed by atoms with van der Waals surface area (Å²) in [6.07, 6.45) is 3.07. The first-order valence-corrected chi connectivity index (χ1v) is 10.7. The highest BCUT2D eigenvalue weighted by atomic mass is 32.1. The van der Waals surface area contributed by atoms with Gasteiger partial charge in [0.05, 0.1) is 36.4 Å². The maximum Gasteiger partial charge on any atom is 0.272 e. The fourth-order valence-corrected chi connectivity index (χ4v) is 3.85. The summed E-state index contributed by atoms with van der Waals surface area (Å²) in [6, 6.07) is 7.21. The number of methoxy groups -OCH3 is 1. The average Bonchev–Trinajstić information content (AvgIpc) is 3.22. The summed E-state index contributed by atoms with van der Waals surface area (Å²) >= 11 is 1.28. The number of aromatic nitrogens is 3. The summed E-state index contributed by atoms with van der Waals surface area (Å²) < 4.78 is 5.67. The summed E-state index contributed by atoms with van der Waals surface area (Å²) in [7, 11) is 10.6. The summed E-state index contributed by atoms with van der Waals surface area (Å²) in [5, 5.41) is 14.2. The average molecular weight is 448 g/mol. The Morgan fingerprint density at radius 3 is 2.56 bits per heavy atom. The van der Waals surface area contributed by atoms with Gasteiger partial charge in [-0.3, -0.25) is 9.59 Å². The molecule has 0 aliphatic rings. The van der Waals surface area contributed by atoms with Gasteiger partial charge in [-0.05, 0) is 23.4 Å². The van der Waals surface area contributed by atoms with Crippen LogP contribution in [0.4, 0.5) is 11.4 Å². The van der Waals surface area contributed by atoms with Crippen molar-refractivity contribution in [2.24, 2.45) is 0 Å². The second-order valence-corrected chi connectivity index (χ2v) is 9.27. The van der Waals surface area contributed by atoms with Gasteiger partial charge in [0.1, 0.15) is 33.4 Å². The van der Waals surface area contributed by atoms with Crippen molar-refractivity contribution in [2.75, 3.05) is 26.5 Å². The number of hydrogen-bond donors (Lipinski definition) is 2. The van der Waals surface area contributed by atoms with E-state index in [-0.39, 0.29) is 17.5 Å². The number of amides is 2. The standard InChI is InChI=1S/C19H23B3N6O3S/c1-28(2)18(30)13-9-23-17(32-13)10-5-4-6-12(15(10)31-3)25-11-7-8-24-27-14(11)16(29)26-19(20,21)22/h4-9H,20-22H2,1-3H3,(H,24,25)(H,26,29). The van der Waals surface area contributed by atoms with E-state index in [0.29, 0.717) is 27.0 Å². The molecule has 1 aromatic carbocycles. The number of ether oxygens (including phenoxy) is 1. The van der Waals surface area contributed by atoms with Gasteiger partial charge in [0.15, 0.2) is 11.4 Å². The largest absolute Gasteiger partial charge is 0.494 e. The van der Waals surface area contributed by atoms with Crippen LogP contribution < -0.4 is 15.4 Å². The quantitative estimate of drug-likeness (QED) is 0.461. The van der Waals surface area contributed by atoms with E-state index in [1.54, 1.807) is 33.5 Å². The molecule has 0 fully saturated rings. The van der Waals surface area contributed by atoms with E-state index in [1.165, 1.54) is 22.4 Å². The van der Waals surface area contributed by atoms with Crippen LogP contribution in [0.5, 0.6) is 5.75 Å². The van der Waals surface area contributed by atoms with Crippen molar-refractivity contribution in [1.29, 1.82) is 0 Å². The SMILES string of the molecule is BC(B)(B)NC(=O)c1nnccc1Nc1cccc(-c2ncc(C(=O)N(C)C)s2)c1OC. The summed E-state index contributed by atoms with van der Waals surface area (Å²) in [5.74, 6) is 0.0824. The highest BCUT2D eigenvalue weighted by molar-refractivity contribution is 7.16. The van der Waals surface area contributed by atoms with Gasteiger partial charge < -0.3 is 20.3 Å². The van der Waals surface area contributed by atoms with E-state index in [9.17, 15) is 9.59 Å². The molecule has 0 aliphatic heterocycles. The third kappa shape index (κ3) is 5.28. The van der Waals surface area contributed by atoms with Crippen molar-refractivity contribution in [2.45, 2.75) is 5.24 Å². The van der Waals surface area contributed by atoms with E-state index in [0.717, 1.165) is 5.56 Å². The minimum Gasteiger partial charge on any atom is -0.494 e. The van der Waals surface area contributed by atoms with Gasteiger partial charge in [0.2, 0.25) is 0 Å². The first kappa shape index (κ1) is 23.3. The molecule has 2 amide bonds. The van der Waals surface area contributed by atoms with E-state index in [2.05, 4.69) is 25.8 Å². The molecule has 0 saturated heterocycles. The first-order valence-electron chi connectivity index (χ1n) is 9.87. The molecule has 3 rings (SSSR count). The molecule has 3 aromatic rings. The predicted octanol–water partition coefficient (Wildman–Crippen LogP) is -0.706. The second kappa shape index (κ2) is 9.43. The van der Waals surface area contributed by atoms with Gasteiger partial charge in [-0.15, -0.1) is 16.4 Å². The van der Waals surface area contributed by atoms with E-state index in [4.69, 9.17) is 4.74 Å². The van der Waals surface area contributed by atoms with Crippen LogP contribution in [0.2, 0.25) is 0 Å². The molecule has 0 radical (unpaired) electrons. The van der Waals surface area contributed by atoms with E-state index in [1.807, 2.05) is 41.7 Å².